The summed E-state index contributed by atoms with van der Waals surface area (Å²) in [5.74, 6) is 0.0666. The lowest BCUT2D eigenvalue weighted by Gasteiger charge is -1.99. The molecule has 0 saturated carbocycles. The first-order chi connectivity index (χ1) is 6.24. The minimum absolute atomic E-state index is 0.0666. The third-order valence-electron chi connectivity index (χ3n) is 2.70. The third-order valence-corrected chi connectivity index (χ3v) is 2.70. The van der Waals surface area contributed by atoms with Crippen LogP contribution in [0.3, 0.4) is 0 Å². The van der Waals surface area contributed by atoms with E-state index in [1.54, 1.807) is 0 Å². The molecule has 1 aliphatic carbocycles. The van der Waals surface area contributed by atoms with E-state index in [1.165, 1.54) is 11.3 Å². The summed E-state index contributed by atoms with van der Waals surface area (Å²) in [6.45, 7) is 2.06. The van der Waals surface area contributed by atoms with Gasteiger partial charge in [-0.25, -0.2) is 0 Å². The Morgan fingerprint density at radius 3 is 3.00 bits per heavy atom. The molecule has 1 aromatic rings. The van der Waals surface area contributed by atoms with Crippen LogP contribution in [0.4, 0.5) is 0 Å². The van der Waals surface area contributed by atoms with Crippen LogP contribution in [0.5, 0.6) is 0 Å². The molecule has 0 aromatic carbocycles. The Kier molecular flexibility index (Phi) is 1.96. The summed E-state index contributed by atoms with van der Waals surface area (Å²) in [4.78, 5) is 14.8. The van der Waals surface area contributed by atoms with Gasteiger partial charge in [0.15, 0.2) is 5.78 Å². The predicted octanol–water partition coefficient (Wildman–Crippen LogP) is 0.953. The second kappa shape index (κ2) is 3.00. The van der Waals surface area contributed by atoms with E-state index in [9.17, 15) is 4.79 Å². The molecule has 0 atom stereocenters. The highest BCUT2D eigenvalue weighted by molar-refractivity contribution is 6.00. The van der Waals surface area contributed by atoms with Gasteiger partial charge in [-0.1, -0.05) is 0 Å². The van der Waals surface area contributed by atoms with Crippen molar-refractivity contribution in [2.24, 2.45) is 5.73 Å². The number of aromatic nitrogens is 1. The van der Waals surface area contributed by atoms with Gasteiger partial charge >= 0.3 is 0 Å². The number of carbonyl (C=O) groups excluding carboxylic acids is 1. The molecule has 0 fully saturated rings. The Morgan fingerprint density at radius 1 is 1.54 bits per heavy atom. The number of Topliss-reactive ketones (excluding diaryl/α,β-unsaturated/α-hetero) is 1. The summed E-state index contributed by atoms with van der Waals surface area (Å²) in [6, 6.07) is 0. The fourth-order valence-corrected chi connectivity index (χ4v) is 2.15. The van der Waals surface area contributed by atoms with Crippen molar-refractivity contribution in [2.45, 2.75) is 26.2 Å². The molecule has 3 nitrogen and oxygen atoms in total. The van der Waals surface area contributed by atoms with Crippen LogP contribution in [0.1, 0.15) is 33.7 Å². The number of ketones is 1. The van der Waals surface area contributed by atoms with E-state index < -0.39 is 0 Å². The number of aryl methyl sites for hydroxylation is 2. The predicted molar refractivity (Wildman–Crippen MR) is 50.9 cm³/mol. The van der Waals surface area contributed by atoms with Gasteiger partial charge in [0.2, 0.25) is 0 Å². The average Bonchev–Trinajstić information content (AvgIpc) is 2.62. The normalized spacial score (nSPS) is 14.6. The summed E-state index contributed by atoms with van der Waals surface area (Å²) >= 11 is 0. The molecule has 3 heteroatoms. The Balaban J connectivity index is 2.50. The lowest BCUT2D eigenvalue weighted by molar-refractivity contribution is 0.1000. The summed E-state index contributed by atoms with van der Waals surface area (Å²) < 4.78 is 0. The molecule has 0 bridgehead atoms. The second-order valence-electron chi connectivity index (χ2n) is 3.56. The number of rotatable bonds is 2. The number of H-pyrrole nitrogens is 1. The van der Waals surface area contributed by atoms with E-state index in [0.717, 1.165) is 30.5 Å². The molecule has 0 aliphatic heterocycles. The molecule has 2 rings (SSSR count). The lowest BCUT2D eigenvalue weighted by atomic mass is 10.1. The fraction of sp³-hybridized carbons (Fsp3) is 0.500. The maximum atomic E-state index is 11.5. The standard InChI is InChI=1S/C10H14N2O/c1-6-10(9(13)5-11)7-3-2-4-8(7)12-6/h12H,2-5,11H2,1H3. The molecule has 0 spiro atoms. The summed E-state index contributed by atoms with van der Waals surface area (Å²) in [5.41, 5.74) is 9.67. The van der Waals surface area contributed by atoms with E-state index >= 15 is 0 Å². The van der Waals surface area contributed by atoms with Crippen molar-refractivity contribution in [3.8, 4) is 0 Å². The van der Waals surface area contributed by atoms with Crippen LogP contribution in [-0.2, 0) is 12.8 Å². The SMILES string of the molecule is Cc1[nH]c2c(c1C(=O)CN)CCC2. The highest BCUT2D eigenvalue weighted by atomic mass is 16.1. The van der Waals surface area contributed by atoms with Crippen LogP contribution in [0.25, 0.3) is 0 Å². The van der Waals surface area contributed by atoms with Gasteiger partial charge in [-0.05, 0) is 31.7 Å². The lowest BCUT2D eigenvalue weighted by Crippen LogP contribution is -2.15. The first-order valence-electron chi connectivity index (χ1n) is 4.67. The van der Waals surface area contributed by atoms with E-state index in [2.05, 4.69) is 4.98 Å². The van der Waals surface area contributed by atoms with E-state index in [0.29, 0.717) is 0 Å². The molecule has 0 saturated heterocycles. The van der Waals surface area contributed by atoms with Crippen LogP contribution in [-0.4, -0.2) is 17.3 Å². The van der Waals surface area contributed by atoms with Crippen molar-refractivity contribution < 1.29 is 4.79 Å². The summed E-state index contributed by atoms with van der Waals surface area (Å²) in [6.07, 6.45) is 3.26. The van der Waals surface area contributed by atoms with E-state index in [-0.39, 0.29) is 12.3 Å². The van der Waals surface area contributed by atoms with Crippen molar-refractivity contribution in [3.63, 3.8) is 0 Å². The quantitative estimate of drug-likeness (QED) is 0.662. The number of carbonyl (C=O) groups is 1. The van der Waals surface area contributed by atoms with Crippen molar-refractivity contribution in [1.82, 2.24) is 4.98 Å². The molecule has 0 amide bonds. The maximum Gasteiger partial charge on any atom is 0.178 e. The number of nitrogens with two attached hydrogens (primary N) is 1. The number of hydrogen-bond acceptors (Lipinski definition) is 2. The van der Waals surface area contributed by atoms with Crippen LogP contribution in [0.15, 0.2) is 0 Å². The van der Waals surface area contributed by atoms with E-state index in [1.807, 2.05) is 6.92 Å². The van der Waals surface area contributed by atoms with Gasteiger partial charge in [0.25, 0.3) is 0 Å². The molecule has 0 unspecified atom stereocenters. The van der Waals surface area contributed by atoms with Gasteiger partial charge < -0.3 is 10.7 Å². The molecule has 70 valence electrons. The molecule has 13 heavy (non-hydrogen) atoms. The topological polar surface area (TPSA) is 58.9 Å². The van der Waals surface area contributed by atoms with Crippen molar-refractivity contribution in [3.05, 3.63) is 22.5 Å². The van der Waals surface area contributed by atoms with Crippen molar-refractivity contribution >= 4 is 5.78 Å². The minimum atomic E-state index is 0.0666. The minimum Gasteiger partial charge on any atom is -0.362 e. The zero-order valence-electron chi connectivity index (χ0n) is 7.81. The zero-order chi connectivity index (χ0) is 9.42. The summed E-state index contributed by atoms with van der Waals surface area (Å²) in [5, 5.41) is 0. The Bertz CT molecular complexity index is 352. The molecule has 1 heterocycles. The molecule has 1 aliphatic rings. The Hall–Kier alpha value is -1.09. The van der Waals surface area contributed by atoms with Gasteiger partial charge in [0, 0.05) is 17.0 Å². The molecular weight excluding hydrogens is 164 g/mol. The number of hydrogen-bond donors (Lipinski definition) is 2. The van der Waals surface area contributed by atoms with Gasteiger partial charge in [-0.2, -0.15) is 0 Å². The van der Waals surface area contributed by atoms with Crippen molar-refractivity contribution in [2.75, 3.05) is 6.54 Å². The van der Waals surface area contributed by atoms with Crippen LogP contribution in [0.2, 0.25) is 0 Å². The number of nitrogens with one attached hydrogen (secondary N) is 1. The van der Waals surface area contributed by atoms with Crippen LogP contribution >= 0.6 is 0 Å². The third kappa shape index (κ3) is 1.20. The number of aromatic amines is 1. The fourth-order valence-electron chi connectivity index (χ4n) is 2.15. The number of fused-ring (bicyclic) bond motifs is 1. The van der Waals surface area contributed by atoms with E-state index in [4.69, 9.17) is 5.73 Å². The maximum absolute atomic E-state index is 11.5. The van der Waals surface area contributed by atoms with Gasteiger partial charge in [-0.15, -0.1) is 0 Å². The highest BCUT2D eigenvalue weighted by Gasteiger charge is 2.22. The van der Waals surface area contributed by atoms with Gasteiger partial charge in [0.05, 0.1) is 6.54 Å². The van der Waals surface area contributed by atoms with Crippen LogP contribution in [0, 0.1) is 6.92 Å². The van der Waals surface area contributed by atoms with Gasteiger partial charge in [0.1, 0.15) is 0 Å². The molecule has 0 radical (unpaired) electrons. The molecule has 3 N–H and O–H groups in total. The first kappa shape index (κ1) is 8.51. The Labute approximate surface area is 77.3 Å². The monoisotopic (exact) mass is 178 g/mol. The molecular formula is C10H14N2O. The smallest absolute Gasteiger partial charge is 0.178 e. The average molecular weight is 178 g/mol. The Morgan fingerprint density at radius 2 is 2.31 bits per heavy atom. The van der Waals surface area contributed by atoms with Crippen molar-refractivity contribution in [1.29, 1.82) is 0 Å². The zero-order valence-corrected chi connectivity index (χ0v) is 7.81. The van der Waals surface area contributed by atoms with Gasteiger partial charge in [-0.3, -0.25) is 4.79 Å². The first-order valence-corrected chi connectivity index (χ1v) is 4.67. The van der Waals surface area contributed by atoms with Crippen LogP contribution < -0.4 is 5.73 Å². The highest BCUT2D eigenvalue weighted by Crippen LogP contribution is 2.27. The second-order valence-corrected chi connectivity index (χ2v) is 3.56. The summed E-state index contributed by atoms with van der Waals surface area (Å²) in [7, 11) is 0. The largest absolute Gasteiger partial charge is 0.362 e. The molecule has 1 aromatic heterocycles.